The number of hydrogen-bond donors (Lipinski definition) is 0. The van der Waals surface area contributed by atoms with Gasteiger partial charge in [-0.2, -0.15) is 0 Å². The number of esters is 1. The van der Waals surface area contributed by atoms with Crippen LogP contribution in [-0.4, -0.2) is 45.1 Å². The molecular weight excluding hydrogens is 460 g/mol. The van der Waals surface area contributed by atoms with E-state index in [1.54, 1.807) is 13.1 Å². The van der Waals surface area contributed by atoms with Crippen molar-refractivity contribution in [2.75, 3.05) is 7.05 Å². The van der Waals surface area contributed by atoms with Crippen LogP contribution in [0.25, 0.3) is 0 Å². The van der Waals surface area contributed by atoms with E-state index in [1.165, 1.54) is 44.1 Å². The summed E-state index contributed by atoms with van der Waals surface area (Å²) in [5, 5.41) is 8.44. The standard InChI is InChI=1S/C31H44N4O2/c1-21(36)37-29-28(35-17-16-32-33-35)19-27-25-11-10-23-18-24(34(4)20-22-8-6-5-7-9-22)12-14-30(23,2)26(25)13-15-31(27,29)3/h5-9,16-17,23-29H,10-15,18-20H2,1-4H3/t23-,24-,25+,26-,27-,28-,29-,30-,31-/m0/s1. The number of ether oxygens (including phenoxy) is 1. The number of carbonyl (C=O) groups is 1. The van der Waals surface area contributed by atoms with Gasteiger partial charge in [0.25, 0.3) is 0 Å². The predicted molar refractivity (Wildman–Crippen MR) is 143 cm³/mol. The molecular formula is C31H44N4O2. The molecule has 4 fully saturated rings. The summed E-state index contributed by atoms with van der Waals surface area (Å²) in [6, 6.07) is 11.7. The fraction of sp³-hybridized carbons (Fsp3) is 0.710. The summed E-state index contributed by atoms with van der Waals surface area (Å²) >= 11 is 0. The van der Waals surface area contributed by atoms with Crippen molar-refractivity contribution >= 4 is 5.97 Å². The van der Waals surface area contributed by atoms with Gasteiger partial charge in [-0.25, -0.2) is 4.68 Å². The normalized spacial score (nSPS) is 41.1. The lowest BCUT2D eigenvalue weighted by Crippen LogP contribution is -2.55. The van der Waals surface area contributed by atoms with Crippen molar-refractivity contribution in [2.45, 2.75) is 96.9 Å². The first-order chi connectivity index (χ1) is 17.8. The van der Waals surface area contributed by atoms with Gasteiger partial charge in [-0.05, 0) is 93.1 Å². The summed E-state index contributed by atoms with van der Waals surface area (Å²) in [6.07, 6.45) is 13.7. The first-order valence-corrected chi connectivity index (χ1v) is 14.6. The molecule has 0 saturated heterocycles. The molecule has 0 unspecified atom stereocenters. The molecule has 0 aliphatic heterocycles. The van der Waals surface area contributed by atoms with Crippen molar-refractivity contribution < 1.29 is 9.53 Å². The quantitative estimate of drug-likeness (QED) is 0.474. The Labute approximate surface area is 222 Å². The van der Waals surface area contributed by atoms with Gasteiger partial charge in [-0.3, -0.25) is 9.69 Å². The van der Waals surface area contributed by atoms with E-state index in [0.717, 1.165) is 31.2 Å². The summed E-state index contributed by atoms with van der Waals surface area (Å²) in [6.45, 7) is 7.64. The van der Waals surface area contributed by atoms with E-state index in [4.69, 9.17) is 4.74 Å². The minimum Gasteiger partial charge on any atom is -0.460 e. The van der Waals surface area contributed by atoms with Gasteiger partial charge < -0.3 is 4.74 Å². The number of carbonyl (C=O) groups excluding carboxylic acids is 1. The van der Waals surface area contributed by atoms with Crippen LogP contribution in [0.3, 0.4) is 0 Å². The topological polar surface area (TPSA) is 60.3 Å². The van der Waals surface area contributed by atoms with Gasteiger partial charge in [0.1, 0.15) is 6.10 Å². The third-order valence-electron chi connectivity index (χ3n) is 11.5. The van der Waals surface area contributed by atoms with Crippen molar-refractivity contribution in [3.63, 3.8) is 0 Å². The van der Waals surface area contributed by atoms with Gasteiger partial charge >= 0.3 is 5.97 Å². The van der Waals surface area contributed by atoms with Gasteiger partial charge in [0, 0.05) is 31.1 Å². The van der Waals surface area contributed by atoms with Crippen LogP contribution in [-0.2, 0) is 16.1 Å². The highest BCUT2D eigenvalue weighted by Crippen LogP contribution is 2.68. The second-order valence-corrected chi connectivity index (χ2v) is 13.2. The number of aromatic nitrogens is 3. The minimum absolute atomic E-state index is 0.0136. The Kier molecular flexibility index (Phi) is 6.45. The largest absolute Gasteiger partial charge is 0.460 e. The molecule has 0 N–H and O–H groups in total. The van der Waals surface area contributed by atoms with E-state index in [9.17, 15) is 4.79 Å². The third-order valence-corrected chi connectivity index (χ3v) is 11.5. The molecule has 4 aliphatic rings. The highest BCUT2D eigenvalue weighted by atomic mass is 16.5. The van der Waals surface area contributed by atoms with E-state index in [0.29, 0.717) is 23.3 Å². The zero-order valence-corrected chi connectivity index (χ0v) is 23.1. The van der Waals surface area contributed by atoms with E-state index < -0.39 is 0 Å². The Hall–Kier alpha value is -2.21. The molecule has 0 radical (unpaired) electrons. The van der Waals surface area contributed by atoms with Crippen molar-refractivity contribution in [1.29, 1.82) is 0 Å². The van der Waals surface area contributed by atoms with Crippen LogP contribution in [0.15, 0.2) is 42.7 Å². The van der Waals surface area contributed by atoms with Crippen LogP contribution in [0.5, 0.6) is 0 Å². The first kappa shape index (κ1) is 25.1. The number of nitrogens with zero attached hydrogens (tertiary/aromatic N) is 4. The molecule has 6 rings (SSSR count). The van der Waals surface area contributed by atoms with Gasteiger partial charge in [0.15, 0.2) is 0 Å². The Morgan fingerprint density at radius 1 is 1.05 bits per heavy atom. The smallest absolute Gasteiger partial charge is 0.302 e. The summed E-state index contributed by atoms with van der Waals surface area (Å²) in [4.78, 5) is 14.8. The summed E-state index contributed by atoms with van der Waals surface area (Å²) < 4.78 is 8.05. The van der Waals surface area contributed by atoms with E-state index in [1.807, 2.05) is 10.9 Å². The Morgan fingerprint density at radius 2 is 1.84 bits per heavy atom. The van der Waals surface area contributed by atoms with Crippen molar-refractivity contribution in [2.24, 2.45) is 34.5 Å². The first-order valence-electron chi connectivity index (χ1n) is 14.6. The second-order valence-electron chi connectivity index (χ2n) is 13.2. The van der Waals surface area contributed by atoms with Crippen molar-refractivity contribution in [3.05, 3.63) is 48.3 Å². The van der Waals surface area contributed by atoms with Gasteiger partial charge in [-0.1, -0.05) is 49.4 Å². The van der Waals surface area contributed by atoms with E-state index in [2.05, 4.69) is 66.4 Å². The van der Waals surface area contributed by atoms with Crippen LogP contribution in [0.1, 0.15) is 83.7 Å². The Morgan fingerprint density at radius 3 is 2.57 bits per heavy atom. The molecule has 1 aromatic heterocycles. The molecule has 6 heteroatoms. The Bertz CT molecular complexity index is 1090. The predicted octanol–water partition coefficient (Wildman–Crippen LogP) is 5.90. The van der Waals surface area contributed by atoms with Gasteiger partial charge in [0.05, 0.1) is 12.2 Å². The van der Waals surface area contributed by atoms with Crippen LogP contribution in [0.2, 0.25) is 0 Å². The molecule has 4 aliphatic carbocycles. The zero-order valence-electron chi connectivity index (χ0n) is 23.1. The molecule has 4 saturated carbocycles. The second kappa shape index (κ2) is 9.52. The number of benzene rings is 1. The van der Waals surface area contributed by atoms with Crippen LogP contribution < -0.4 is 0 Å². The highest BCUT2D eigenvalue weighted by Gasteiger charge is 2.64. The molecule has 200 valence electrons. The van der Waals surface area contributed by atoms with E-state index >= 15 is 0 Å². The maximum absolute atomic E-state index is 12.2. The summed E-state index contributed by atoms with van der Waals surface area (Å²) in [5.41, 5.74) is 1.86. The molecule has 1 heterocycles. The average Bonchev–Trinajstić information content (AvgIpc) is 3.50. The summed E-state index contributed by atoms with van der Waals surface area (Å²) in [5.74, 6) is 2.70. The zero-order chi connectivity index (χ0) is 25.8. The molecule has 6 nitrogen and oxygen atoms in total. The van der Waals surface area contributed by atoms with Crippen LogP contribution >= 0.6 is 0 Å². The summed E-state index contributed by atoms with van der Waals surface area (Å²) in [7, 11) is 2.33. The highest BCUT2D eigenvalue weighted by molar-refractivity contribution is 5.66. The lowest BCUT2D eigenvalue weighted by atomic mass is 9.45. The Balaban J connectivity index is 1.20. The lowest BCUT2D eigenvalue weighted by Gasteiger charge is -2.61. The minimum atomic E-state index is -0.173. The number of rotatable bonds is 5. The maximum atomic E-state index is 12.2. The van der Waals surface area contributed by atoms with Gasteiger partial charge in [0.2, 0.25) is 0 Å². The monoisotopic (exact) mass is 504 g/mol. The van der Waals surface area contributed by atoms with Crippen molar-refractivity contribution in [1.82, 2.24) is 19.9 Å². The molecule has 0 spiro atoms. The molecule has 0 bridgehead atoms. The maximum Gasteiger partial charge on any atom is 0.302 e. The van der Waals surface area contributed by atoms with Crippen LogP contribution in [0.4, 0.5) is 0 Å². The van der Waals surface area contributed by atoms with Crippen molar-refractivity contribution in [3.8, 4) is 0 Å². The van der Waals surface area contributed by atoms with E-state index in [-0.39, 0.29) is 23.5 Å². The fourth-order valence-electron chi connectivity index (χ4n) is 9.64. The SMILES string of the molecule is CC(=O)O[C@H]1[C@@H](n2ccnn2)C[C@H]2[C@@H]3CC[C@H]4C[C@@H](N(C)Cc5ccccc5)CC[C@]4(C)[C@H]3CC[C@@]21C. The lowest BCUT2D eigenvalue weighted by molar-refractivity contribution is -0.164. The molecule has 0 amide bonds. The molecule has 2 aromatic rings. The number of fused-ring (bicyclic) bond motifs is 5. The molecule has 9 atom stereocenters. The molecule has 37 heavy (non-hydrogen) atoms. The average molecular weight is 505 g/mol. The molecule has 1 aromatic carbocycles. The van der Waals surface area contributed by atoms with Crippen LogP contribution in [0, 0.1) is 34.5 Å². The number of hydrogen-bond acceptors (Lipinski definition) is 5. The third kappa shape index (κ3) is 4.24. The van der Waals surface area contributed by atoms with Gasteiger partial charge in [-0.15, -0.1) is 5.10 Å². The fourth-order valence-corrected chi connectivity index (χ4v) is 9.64.